The maximum Gasteiger partial charge on any atom is 0.335 e. The molecule has 1 aliphatic heterocycles. The van der Waals surface area contributed by atoms with Gasteiger partial charge in [0.1, 0.15) is 0 Å². The van der Waals surface area contributed by atoms with Gasteiger partial charge in [-0.25, -0.2) is 9.78 Å². The van der Waals surface area contributed by atoms with Gasteiger partial charge >= 0.3 is 5.97 Å². The number of carboxylic acids is 1. The summed E-state index contributed by atoms with van der Waals surface area (Å²) in [5.41, 5.74) is 2.05. The van der Waals surface area contributed by atoms with Crippen LogP contribution in [0.3, 0.4) is 0 Å². The lowest BCUT2D eigenvalue weighted by molar-refractivity contribution is 0.0697. The van der Waals surface area contributed by atoms with Crippen LogP contribution in [0.4, 0.5) is 0 Å². The number of benzene rings is 1. The molecule has 0 bridgehead atoms. The predicted molar refractivity (Wildman–Crippen MR) is 81.5 cm³/mol. The van der Waals surface area contributed by atoms with Crippen molar-refractivity contribution in [1.29, 1.82) is 0 Å². The fraction of sp³-hybridized carbons (Fsp3) is 0.500. The van der Waals surface area contributed by atoms with Crippen molar-refractivity contribution in [2.45, 2.75) is 26.3 Å². The zero-order valence-electron chi connectivity index (χ0n) is 12.3. The van der Waals surface area contributed by atoms with Gasteiger partial charge in [0.25, 0.3) is 0 Å². The number of rotatable bonds is 5. The summed E-state index contributed by atoms with van der Waals surface area (Å²) in [6.07, 6.45) is 4.45. The highest BCUT2D eigenvalue weighted by Gasteiger charge is 2.16. The van der Waals surface area contributed by atoms with E-state index in [1.165, 1.54) is 25.9 Å². The van der Waals surface area contributed by atoms with Gasteiger partial charge in [0.2, 0.25) is 0 Å². The molecule has 1 aliphatic rings. The molecule has 112 valence electrons. The zero-order valence-corrected chi connectivity index (χ0v) is 12.3. The summed E-state index contributed by atoms with van der Waals surface area (Å²) in [6.45, 7) is 6.73. The highest BCUT2D eigenvalue weighted by Crippen LogP contribution is 2.18. The lowest BCUT2D eigenvalue weighted by atomic mass is 10.1. The molecule has 1 unspecified atom stereocenters. The van der Waals surface area contributed by atoms with E-state index in [-0.39, 0.29) is 5.56 Å². The molecule has 1 saturated heterocycles. The molecule has 3 rings (SSSR count). The van der Waals surface area contributed by atoms with Crippen LogP contribution in [-0.2, 0) is 6.54 Å². The molecule has 1 aromatic heterocycles. The molecule has 0 spiro atoms. The average molecular weight is 287 g/mol. The molecular weight excluding hydrogens is 266 g/mol. The van der Waals surface area contributed by atoms with E-state index in [1.54, 1.807) is 12.1 Å². The molecule has 1 aromatic carbocycles. The van der Waals surface area contributed by atoms with Crippen LogP contribution in [0.15, 0.2) is 24.5 Å². The van der Waals surface area contributed by atoms with Crippen molar-refractivity contribution in [1.82, 2.24) is 14.5 Å². The van der Waals surface area contributed by atoms with Gasteiger partial charge in [-0.3, -0.25) is 0 Å². The van der Waals surface area contributed by atoms with E-state index in [4.69, 9.17) is 5.11 Å². The third-order valence-electron chi connectivity index (χ3n) is 4.14. The topological polar surface area (TPSA) is 58.4 Å². The number of likely N-dealkylation sites (tertiary alicyclic amines) is 1. The molecule has 0 aliphatic carbocycles. The van der Waals surface area contributed by atoms with Crippen LogP contribution in [0.2, 0.25) is 0 Å². The van der Waals surface area contributed by atoms with Gasteiger partial charge in [-0.2, -0.15) is 0 Å². The molecule has 1 atom stereocenters. The molecule has 1 N–H and O–H groups in total. The van der Waals surface area contributed by atoms with Crippen LogP contribution in [-0.4, -0.2) is 45.2 Å². The van der Waals surface area contributed by atoms with Gasteiger partial charge in [0, 0.05) is 13.1 Å². The SMILES string of the molecule is CC(CN1CCCC1)Cn1cnc2cc(C(=O)O)ccc21. The molecule has 1 fully saturated rings. The van der Waals surface area contributed by atoms with Crippen molar-refractivity contribution in [2.75, 3.05) is 19.6 Å². The number of hydrogen-bond donors (Lipinski definition) is 1. The third-order valence-corrected chi connectivity index (χ3v) is 4.14. The van der Waals surface area contributed by atoms with E-state index in [2.05, 4.69) is 21.4 Å². The van der Waals surface area contributed by atoms with E-state index in [0.717, 1.165) is 24.1 Å². The number of carbonyl (C=O) groups is 1. The molecule has 0 radical (unpaired) electrons. The number of nitrogens with zero attached hydrogens (tertiary/aromatic N) is 3. The molecule has 0 amide bonds. The van der Waals surface area contributed by atoms with Gasteiger partial charge in [0.15, 0.2) is 0 Å². The lowest BCUT2D eigenvalue weighted by Crippen LogP contribution is -2.27. The van der Waals surface area contributed by atoms with Crippen molar-refractivity contribution < 1.29 is 9.90 Å². The molecule has 2 aromatic rings. The minimum atomic E-state index is -0.908. The van der Waals surface area contributed by atoms with Crippen LogP contribution < -0.4 is 0 Å². The van der Waals surface area contributed by atoms with E-state index in [0.29, 0.717) is 5.92 Å². The summed E-state index contributed by atoms with van der Waals surface area (Å²) < 4.78 is 2.13. The highest BCUT2D eigenvalue weighted by molar-refractivity contribution is 5.92. The average Bonchev–Trinajstić information content (AvgIpc) is 3.08. The zero-order chi connectivity index (χ0) is 14.8. The Labute approximate surface area is 124 Å². The van der Waals surface area contributed by atoms with Crippen LogP contribution in [0.25, 0.3) is 11.0 Å². The normalized spacial score (nSPS) is 17.4. The third kappa shape index (κ3) is 3.08. The second-order valence-electron chi connectivity index (χ2n) is 6.02. The van der Waals surface area contributed by atoms with E-state index in [1.807, 2.05) is 12.4 Å². The number of imidazole rings is 1. The predicted octanol–water partition coefficient (Wildman–Crippen LogP) is 2.47. The van der Waals surface area contributed by atoms with Gasteiger partial charge < -0.3 is 14.6 Å². The van der Waals surface area contributed by atoms with Crippen LogP contribution in [0.1, 0.15) is 30.1 Å². The summed E-state index contributed by atoms with van der Waals surface area (Å²) in [5.74, 6) is -0.353. The van der Waals surface area contributed by atoms with Crippen molar-refractivity contribution >= 4 is 17.0 Å². The molecule has 21 heavy (non-hydrogen) atoms. The Kier molecular flexibility index (Phi) is 3.92. The molecule has 0 saturated carbocycles. The van der Waals surface area contributed by atoms with Crippen molar-refractivity contribution in [3.8, 4) is 0 Å². The molecule has 5 nitrogen and oxygen atoms in total. The molecule has 5 heteroatoms. The highest BCUT2D eigenvalue weighted by atomic mass is 16.4. The summed E-state index contributed by atoms with van der Waals surface area (Å²) in [7, 11) is 0. The first-order valence-electron chi connectivity index (χ1n) is 7.54. The summed E-state index contributed by atoms with van der Waals surface area (Å²) >= 11 is 0. The van der Waals surface area contributed by atoms with E-state index < -0.39 is 5.97 Å². The number of aromatic carboxylic acids is 1. The first-order chi connectivity index (χ1) is 10.1. The van der Waals surface area contributed by atoms with E-state index >= 15 is 0 Å². The van der Waals surface area contributed by atoms with Gasteiger partial charge in [-0.05, 0) is 50.0 Å². The summed E-state index contributed by atoms with van der Waals surface area (Å²) in [5, 5.41) is 9.02. The maximum atomic E-state index is 11.0. The smallest absolute Gasteiger partial charge is 0.335 e. The fourth-order valence-electron chi connectivity index (χ4n) is 3.14. The second kappa shape index (κ2) is 5.85. The summed E-state index contributed by atoms with van der Waals surface area (Å²) in [6, 6.07) is 5.14. The van der Waals surface area contributed by atoms with Gasteiger partial charge in [0.05, 0.1) is 22.9 Å². The Morgan fingerprint density at radius 3 is 2.81 bits per heavy atom. The maximum absolute atomic E-state index is 11.0. The Balaban J connectivity index is 1.73. The lowest BCUT2D eigenvalue weighted by Gasteiger charge is -2.20. The largest absolute Gasteiger partial charge is 0.478 e. The minimum absolute atomic E-state index is 0.290. The number of fused-ring (bicyclic) bond motifs is 1. The van der Waals surface area contributed by atoms with E-state index in [9.17, 15) is 4.79 Å². The monoisotopic (exact) mass is 287 g/mol. The number of carboxylic acid groups (broad SMARTS) is 1. The number of aromatic nitrogens is 2. The van der Waals surface area contributed by atoms with Gasteiger partial charge in [-0.15, -0.1) is 0 Å². The van der Waals surface area contributed by atoms with Crippen LogP contribution in [0.5, 0.6) is 0 Å². The van der Waals surface area contributed by atoms with Crippen LogP contribution in [0, 0.1) is 5.92 Å². The van der Waals surface area contributed by atoms with Crippen LogP contribution >= 0.6 is 0 Å². The standard InChI is InChI=1S/C16H21N3O2/c1-12(9-18-6-2-3-7-18)10-19-11-17-14-8-13(16(20)21)4-5-15(14)19/h4-5,8,11-12H,2-3,6-7,9-10H2,1H3,(H,20,21). The fourth-order valence-corrected chi connectivity index (χ4v) is 3.14. The molecular formula is C16H21N3O2. The Morgan fingerprint density at radius 2 is 2.10 bits per heavy atom. The molecule has 2 heterocycles. The van der Waals surface area contributed by atoms with Crippen molar-refractivity contribution in [3.05, 3.63) is 30.1 Å². The number of hydrogen-bond acceptors (Lipinski definition) is 3. The van der Waals surface area contributed by atoms with Crippen molar-refractivity contribution in [3.63, 3.8) is 0 Å². The first-order valence-corrected chi connectivity index (χ1v) is 7.54. The Hall–Kier alpha value is -1.88. The minimum Gasteiger partial charge on any atom is -0.478 e. The summed E-state index contributed by atoms with van der Waals surface area (Å²) in [4.78, 5) is 17.8. The Morgan fingerprint density at radius 1 is 1.33 bits per heavy atom. The first kappa shape index (κ1) is 14.1. The second-order valence-corrected chi connectivity index (χ2v) is 6.02. The Bertz CT molecular complexity index is 644. The van der Waals surface area contributed by atoms with Crippen molar-refractivity contribution in [2.24, 2.45) is 5.92 Å². The van der Waals surface area contributed by atoms with Gasteiger partial charge in [-0.1, -0.05) is 6.92 Å². The quantitative estimate of drug-likeness (QED) is 0.917.